The molecule has 3 nitrogen and oxygen atoms in total. The molecule has 0 aliphatic heterocycles. The molecule has 1 rings (SSSR count). The van der Waals surface area contributed by atoms with Crippen LogP contribution in [0.4, 0.5) is 0 Å². The molecule has 1 aromatic heterocycles. The molecular formula is C6H7NO2S2. The largest absolute Gasteiger partial charge is 0.222 e. The molecule has 0 spiro atoms. The van der Waals surface area contributed by atoms with Crippen LogP contribution in [0.3, 0.4) is 0 Å². The Morgan fingerprint density at radius 1 is 1.73 bits per heavy atom. The van der Waals surface area contributed by atoms with Crippen LogP contribution in [-0.2, 0) is 9.84 Å². The SMILES string of the molecule is C=CCS(=O)(=O)c1ccsn1. The van der Waals surface area contributed by atoms with Crippen molar-refractivity contribution in [3.05, 3.63) is 24.1 Å². The first-order valence-electron chi connectivity index (χ1n) is 2.91. The van der Waals surface area contributed by atoms with E-state index in [2.05, 4.69) is 11.0 Å². The van der Waals surface area contributed by atoms with E-state index in [1.54, 1.807) is 5.38 Å². The molecule has 0 aliphatic rings. The molecule has 0 unspecified atom stereocenters. The minimum atomic E-state index is -3.19. The molecule has 1 aromatic rings. The Labute approximate surface area is 69.5 Å². The van der Waals surface area contributed by atoms with Gasteiger partial charge in [-0.2, -0.15) is 4.37 Å². The van der Waals surface area contributed by atoms with Gasteiger partial charge in [-0.1, -0.05) is 6.08 Å². The molecule has 5 heteroatoms. The van der Waals surface area contributed by atoms with E-state index >= 15 is 0 Å². The molecule has 0 saturated carbocycles. The number of aromatic nitrogens is 1. The predicted octanol–water partition coefficient (Wildman–Crippen LogP) is 1.10. The lowest BCUT2D eigenvalue weighted by Gasteiger charge is -1.92. The molecule has 0 amide bonds. The monoisotopic (exact) mass is 189 g/mol. The number of sulfone groups is 1. The lowest BCUT2D eigenvalue weighted by atomic mass is 10.8. The van der Waals surface area contributed by atoms with Gasteiger partial charge < -0.3 is 0 Å². The number of hydrogen-bond donors (Lipinski definition) is 0. The standard InChI is InChI=1S/C6H7NO2S2/c1-2-5-11(8,9)6-3-4-10-7-6/h2-4H,1,5H2. The normalized spacial score (nSPS) is 11.3. The summed E-state index contributed by atoms with van der Waals surface area (Å²) >= 11 is 1.13. The van der Waals surface area contributed by atoms with Crippen molar-refractivity contribution in [2.45, 2.75) is 5.03 Å². The van der Waals surface area contributed by atoms with Crippen molar-refractivity contribution in [2.75, 3.05) is 5.75 Å². The highest BCUT2D eigenvalue weighted by Crippen LogP contribution is 2.09. The fraction of sp³-hybridized carbons (Fsp3) is 0.167. The first-order valence-corrected chi connectivity index (χ1v) is 5.40. The summed E-state index contributed by atoms with van der Waals surface area (Å²) < 4.78 is 26.0. The van der Waals surface area contributed by atoms with Gasteiger partial charge in [0, 0.05) is 5.38 Å². The Morgan fingerprint density at radius 2 is 2.45 bits per heavy atom. The summed E-state index contributed by atoms with van der Waals surface area (Å²) in [5, 5.41) is 1.78. The molecule has 0 N–H and O–H groups in total. The fourth-order valence-corrected chi connectivity index (χ4v) is 2.44. The maximum Gasteiger partial charge on any atom is 0.200 e. The van der Waals surface area contributed by atoms with Crippen molar-refractivity contribution in [3.63, 3.8) is 0 Å². The van der Waals surface area contributed by atoms with E-state index in [9.17, 15) is 8.42 Å². The zero-order valence-corrected chi connectivity index (χ0v) is 7.36. The topological polar surface area (TPSA) is 47.0 Å². The van der Waals surface area contributed by atoms with Gasteiger partial charge in [0.25, 0.3) is 0 Å². The van der Waals surface area contributed by atoms with Gasteiger partial charge >= 0.3 is 0 Å². The maximum atomic E-state index is 11.2. The van der Waals surface area contributed by atoms with Crippen molar-refractivity contribution >= 4 is 21.4 Å². The Hall–Kier alpha value is -0.680. The van der Waals surface area contributed by atoms with Crippen molar-refractivity contribution < 1.29 is 8.42 Å². The predicted molar refractivity (Wildman–Crippen MR) is 44.4 cm³/mol. The second kappa shape index (κ2) is 3.15. The third-order valence-electron chi connectivity index (χ3n) is 1.07. The van der Waals surface area contributed by atoms with E-state index in [1.807, 2.05) is 0 Å². The van der Waals surface area contributed by atoms with Gasteiger partial charge in [0.1, 0.15) is 0 Å². The van der Waals surface area contributed by atoms with Crippen molar-refractivity contribution in [2.24, 2.45) is 0 Å². The molecule has 1 heterocycles. The Bertz CT molecular complexity index is 325. The van der Waals surface area contributed by atoms with Crippen LogP contribution < -0.4 is 0 Å². The van der Waals surface area contributed by atoms with Crippen LogP contribution in [-0.4, -0.2) is 18.5 Å². The van der Waals surface area contributed by atoms with Crippen LogP contribution in [0.2, 0.25) is 0 Å². The van der Waals surface area contributed by atoms with Crippen molar-refractivity contribution in [1.29, 1.82) is 0 Å². The number of rotatable bonds is 3. The second-order valence-electron chi connectivity index (χ2n) is 1.91. The van der Waals surface area contributed by atoms with Gasteiger partial charge in [0.2, 0.25) is 0 Å². The van der Waals surface area contributed by atoms with Crippen LogP contribution in [0, 0.1) is 0 Å². The zero-order chi connectivity index (χ0) is 8.32. The van der Waals surface area contributed by atoms with Gasteiger partial charge in [0.15, 0.2) is 14.9 Å². The summed E-state index contributed by atoms with van der Waals surface area (Å²) in [5.74, 6) is -0.0449. The average molecular weight is 189 g/mol. The Balaban J connectivity index is 3.01. The summed E-state index contributed by atoms with van der Waals surface area (Å²) in [4.78, 5) is 0. The summed E-state index contributed by atoms with van der Waals surface area (Å²) in [6.45, 7) is 3.35. The fourth-order valence-electron chi connectivity index (χ4n) is 0.602. The van der Waals surface area contributed by atoms with E-state index in [0.717, 1.165) is 11.5 Å². The van der Waals surface area contributed by atoms with Crippen molar-refractivity contribution in [1.82, 2.24) is 4.37 Å². The van der Waals surface area contributed by atoms with Gasteiger partial charge in [-0.25, -0.2) is 8.42 Å². The molecule has 0 atom stereocenters. The van der Waals surface area contributed by atoms with E-state index in [4.69, 9.17) is 0 Å². The number of nitrogens with zero attached hydrogens (tertiary/aromatic N) is 1. The molecule has 60 valence electrons. The van der Waals surface area contributed by atoms with Gasteiger partial charge in [0.05, 0.1) is 5.75 Å². The summed E-state index contributed by atoms with van der Waals surface area (Å²) in [6.07, 6.45) is 1.36. The van der Waals surface area contributed by atoms with Gasteiger partial charge in [-0.15, -0.1) is 6.58 Å². The van der Waals surface area contributed by atoms with Gasteiger partial charge in [-0.3, -0.25) is 0 Å². The van der Waals surface area contributed by atoms with Crippen molar-refractivity contribution in [3.8, 4) is 0 Å². The summed E-state index contributed by atoms with van der Waals surface area (Å²) in [5.41, 5.74) is 0. The highest BCUT2D eigenvalue weighted by atomic mass is 32.2. The lowest BCUT2D eigenvalue weighted by molar-refractivity contribution is 0.596. The summed E-state index contributed by atoms with van der Waals surface area (Å²) in [6, 6.07) is 1.49. The van der Waals surface area contributed by atoms with E-state index in [0.29, 0.717) is 0 Å². The minimum absolute atomic E-state index is 0.0449. The maximum absolute atomic E-state index is 11.2. The van der Waals surface area contributed by atoms with Gasteiger partial charge in [-0.05, 0) is 17.6 Å². The highest BCUT2D eigenvalue weighted by molar-refractivity contribution is 7.91. The quantitative estimate of drug-likeness (QED) is 0.669. The third kappa shape index (κ3) is 1.87. The molecule has 0 fully saturated rings. The molecule has 11 heavy (non-hydrogen) atoms. The van der Waals surface area contributed by atoms with E-state index < -0.39 is 9.84 Å². The van der Waals surface area contributed by atoms with E-state index in [1.165, 1.54) is 12.1 Å². The van der Waals surface area contributed by atoms with Crippen LogP contribution in [0.5, 0.6) is 0 Å². The molecular weight excluding hydrogens is 182 g/mol. The summed E-state index contributed by atoms with van der Waals surface area (Å²) in [7, 11) is -3.19. The third-order valence-corrected chi connectivity index (χ3v) is 3.28. The molecule has 0 aromatic carbocycles. The first kappa shape index (κ1) is 8.42. The Morgan fingerprint density at radius 3 is 2.91 bits per heavy atom. The van der Waals surface area contributed by atoms with E-state index in [-0.39, 0.29) is 10.8 Å². The zero-order valence-electron chi connectivity index (χ0n) is 5.73. The minimum Gasteiger partial charge on any atom is -0.222 e. The molecule has 0 aliphatic carbocycles. The van der Waals surface area contributed by atoms with Crippen LogP contribution in [0.1, 0.15) is 0 Å². The molecule has 0 bridgehead atoms. The molecule has 0 saturated heterocycles. The second-order valence-corrected chi connectivity index (χ2v) is 4.55. The Kier molecular flexibility index (Phi) is 2.41. The lowest BCUT2D eigenvalue weighted by Crippen LogP contribution is -2.03. The smallest absolute Gasteiger partial charge is 0.200 e. The van der Waals surface area contributed by atoms with Crippen LogP contribution in [0.15, 0.2) is 29.1 Å². The number of hydrogen-bond acceptors (Lipinski definition) is 4. The first-order chi connectivity index (χ1) is 5.17. The molecule has 0 radical (unpaired) electrons. The highest BCUT2D eigenvalue weighted by Gasteiger charge is 2.13. The van der Waals surface area contributed by atoms with Crippen LogP contribution in [0.25, 0.3) is 0 Å². The average Bonchev–Trinajstić information content (AvgIpc) is 2.37. The van der Waals surface area contributed by atoms with Crippen LogP contribution >= 0.6 is 11.5 Å².